The summed E-state index contributed by atoms with van der Waals surface area (Å²) in [5.74, 6) is 0.838. The Morgan fingerprint density at radius 3 is 2.21 bits per heavy atom. The molecule has 0 saturated carbocycles. The summed E-state index contributed by atoms with van der Waals surface area (Å²) < 4.78 is 6.09. The number of benzene rings is 3. The van der Waals surface area contributed by atoms with Gasteiger partial charge in [0.05, 0.1) is 0 Å². The molecule has 1 aliphatic heterocycles. The van der Waals surface area contributed by atoms with Crippen molar-refractivity contribution in [3.05, 3.63) is 114 Å². The van der Waals surface area contributed by atoms with E-state index in [-0.39, 0.29) is 6.03 Å². The summed E-state index contributed by atoms with van der Waals surface area (Å²) in [5.41, 5.74) is 4.37. The van der Waals surface area contributed by atoms with E-state index in [0.29, 0.717) is 19.7 Å². The molecule has 2 heterocycles. The van der Waals surface area contributed by atoms with Gasteiger partial charge in [0.1, 0.15) is 12.4 Å². The average Bonchev–Trinajstić information content (AvgIpc) is 3.33. The van der Waals surface area contributed by atoms with Gasteiger partial charge in [0.25, 0.3) is 0 Å². The van der Waals surface area contributed by atoms with Gasteiger partial charge in [-0.3, -0.25) is 14.8 Å². The summed E-state index contributed by atoms with van der Waals surface area (Å²) in [6.45, 7) is 4.96. The lowest BCUT2D eigenvalue weighted by atomic mass is 10.1. The van der Waals surface area contributed by atoms with Crippen LogP contribution in [-0.2, 0) is 6.54 Å². The maximum Gasteiger partial charge on any atom is 0.324 e. The van der Waals surface area contributed by atoms with E-state index in [9.17, 15) is 4.79 Å². The molecule has 0 atom stereocenters. The van der Waals surface area contributed by atoms with Crippen LogP contribution in [-0.4, -0.2) is 60.1 Å². The van der Waals surface area contributed by atoms with Gasteiger partial charge in [-0.25, -0.2) is 4.79 Å². The molecule has 1 aromatic heterocycles. The molecule has 0 unspecified atom stereocenters. The summed E-state index contributed by atoms with van der Waals surface area (Å²) >= 11 is 6.01. The normalized spacial score (nSPS) is 13.4. The fourth-order valence-electron chi connectivity index (χ4n) is 4.61. The Hall–Kier alpha value is -3.87. The quantitative estimate of drug-likeness (QED) is 0.232. The minimum absolute atomic E-state index is 0.0490. The van der Waals surface area contributed by atoms with Crippen molar-refractivity contribution in [2.24, 2.45) is 0 Å². The van der Waals surface area contributed by atoms with Crippen LogP contribution in [0.1, 0.15) is 5.56 Å². The molecule has 0 N–H and O–H groups in total. The number of amides is 2. The highest BCUT2D eigenvalue weighted by Gasteiger charge is 2.29. The SMILES string of the molecule is O=C1N(CCN(CCOc2ccc(-c3ccc(Cl)cc3)cc2)Cc2ccccc2)CCN1c1ccncc1. The number of carbonyl (C=O) groups is 1. The molecule has 0 bridgehead atoms. The van der Waals surface area contributed by atoms with Crippen molar-refractivity contribution in [2.75, 3.05) is 44.2 Å². The molecular formula is C31H31ClN4O2. The van der Waals surface area contributed by atoms with Crippen LogP contribution in [0.15, 0.2) is 103 Å². The van der Waals surface area contributed by atoms with Crippen molar-refractivity contribution >= 4 is 23.3 Å². The average molecular weight is 527 g/mol. The van der Waals surface area contributed by atoms with Crippen LogP contribution < -0.4 is 9.64 Å². The van der Waals surface area contributed by atoms with E-state index in [2.05, 4.69) is 46.3 Å². The minimum atomic E-state index is 0.0490. The Bertz CT molecular complexity index is 1300. The predicted molar refractivity (Wildman–Crippen MR) is 153 cm³/mol. The number of ether oxygens (including phenoxy) is 1. The molecular weight excluding hydrogens is 496 g/mol. The van der Waals surface area contributed by atoms with E-state index >= 15 is 0 Å². The van der Waals surface area contributed by atoms with E-state index in [1.807, 2.05) is 64.4 Å². The zero-order valence-corrected chi connectivity index (χ0v) is 22.0. The van der Waals surface area contributed by atoms with Crippen LogP contribution in [0.3, 0.4) is 0 Å². The maximum atomic E-state index is 13.0. The number of nitrogens with zero attached hydrogens (tertiary/aromatic N) is 4. The first-order valence-electron chi connectivity index (χ1n) is 12.9. The Labute approximate surface area is 229 Å². The molecule has 0 aliphatic carbocycles. The van der Waals surface area contributed by atoms with Crippen LogP contribution in [0.25, 0.3) is 11.1 Å². The Balaban J connectivity index is 1.16. The third-order valence-electron chi connectivity index (χ3n) is 6.71. The van der Waals surface area contributed by atoms with Crippen LogP contribution >= 0.6 is 11.6 Å². The van der Waals surface area contributed by atoms with Crippen LogP contribution in [0.5, 0.6) is 5.75 Å². The van der Waals surface area contributed by atoms with Crippen LogP contribution in [0, 0.1) is 0 Å². The Kier molecular flexibility index (Phi) is 8.53. The van der Waals surface area contributed by atoms with Crippen LogP contribution in [0.4, 0.5) is 10.5 Å². The fourth-order valence-corrected chi connectivity index (χ4v) is 4.73. The van der Waals surface area contributed by atoms with Gasteiger partial charge in [0, 0.05) is 62.4 Å². The smallest absolute Gasteiger partial charge is 0.324 e. The molecule has 4 aromatic rings. The Morgan fingerprint density at radius 2 is 1.50 bits per heavy atom. The highest BCUT2D eigenvalue weighted by Crippen LogP contribution is 2.24. The van der Waals surface area contributed by atoms with E-state index < -0.39 is 0 Å². The zero-order chi connectivity index (χ0) is 26.2. The number of pyridine rings is 1. The van der Waals surface area contributed by atoms with Gasteiger partial charge in [0.2, 0.25) is 0 Å². The van der Waals surface area contributed by atoms with E-state index in [1.54, 1.807) is 12.4 Å². The summed E-state index contributed by atoms with van der Waals surface area (Å²) in [6.07, 6.45) is 3.44. The predicted octanol–water partition coefficient (Wildman–Crippen LogP) is 6.23. The van der Waals surface area contributed by atoms with Gasteiger partial charge >= 0.3 is 6.03 Å². The molecule has 38 heavy (non-hydrogen) atoms. The Morgan fingerprint density at radius 1 is 0.816 bits per heavy atom. The molecule has 6 nitrogen and oxygen atoms in total. The number of halogens is 1. The van der Waals surface area contributed by atoms with Gasteiger partial charge in [-0.1, -0.05) is 66.2 Å². The number of carbonyl (C=O) groups excluding carboxylic acids is 1. The third-order valence-corrected chi connectivity index (χ3v) is 6.96. The molecule has 0 radical (unpaired) electrons. The molecule has 2 amide bonds. The standard InChI is InChI=1S/C31H31ClN4O2/c32-28-10-6-26(7-11-28)27-8-12-30(13-9-27)38-23-22-34(24-25-4-2-1-3-5-25)18-19-35-20-21-36(31(35)37)29-14-16-33-17-15-29/h1-17H,18-24H2. The van der Waals surface area contributed by atoms with Crippen molar-refractivity contribution in [1.82, 2.24) is 14.8 Å². The summed E-state index contributed by atoms with van der Waals surface area (Å²) in [5, 5.41) is 0.730. The van der Waals surface area contributed by atoms with Crippen molar-refractivity contribution in [3.63, 3.8) is 0 Å². The monoisotopic (exact) mass is 526 g/mol. The van der Waals surface area contributed by atoms with E-state index in [4.69, 9.17) is 16.3 Å². The molecule has 5 rings (SSSR count). The molecule has 1 fully saturated rings. The largest absolute Gasteiger partial charge is 0.492 e. The zero-order valence-electron chi connectivity index (χ0n) is 21.2. The second-order valence-corrected chi connectivity index (χ2v) is 9.70. The van der Waals surface area contributed by atoms with Crippen molar-refractivity contribution < 1.29 is 9.53 Å². The van der Waals surface area contributed by atoms with Crippen molar-refractivity contribution in [3.8, 4) is 16.9 Å². The molecule has 0 spiro atoms. The van der Waals surface area contributed by atoms with Crippen molar-refractivity contribution in [1.29, 1.82) is 0 Å². The molecule has 3 aromatic carbocycles. The second-order valence-electron chi connectivity index (χ2n) is 9.27. The fraction of sp³-hybridized carbons (Fsp3) is 0.226. The first kappa shape index (κ1) is 25.8. The summed E-state index contributed by atoms with van der Waals surface area (Å²) in [6, 6.07) is 30.2. The summed E-state index contributed by atoms with van der Waals surface area (Å²) in [4.78, 5) is 23.2. The lowest BCUT2D eigenvalue weighted by Crippen LogP contribution is -2.39. The lowest BCUT2D eigenvalue weighted by Gasteiger charge is -2.26. The van der Waals surface area contributed by atoms with Gasteiger partial charge in [-0.15, -0.1) is 0 Å². The highest BCUT2D eigenvalue weighted by atomic mass is 35.5. The van der Waals surface area contributed by atoms with Gasteiger partial charge in [-0.05, 0) is 53.1 Å². The van der Waals surface area contributed by atoms with Crippen molar-refractivity contribution in [2.45, 2.75) is 6.54 Å². The molecule has 194 valence electrons. The van der Waals surface area contributed by atoms with Gasteiger partial charge in [-0.2, -0.15) is 0 Å². The minimum Gasteiger partial charge on any atom is -0.492 e. The van der Waals surface area contributed by atoms with E-state index in [1.165, 1.54) is 5.56 Å². The summed E-state index contributed by atoms with van der Waals surface area (Å²) in [7, 11) is 0. The highest BCUT2D eigenvalue weighted by molar-refractivity contribution is 6.30. The second kappa shape index (κ2) is 12.6. The number of aromatic nitrogens is 1. The van der Waals surface area contributed by atoms with E-state index in [0.717, 1.165) is 53.8 Å². The first-order valence-corrected chi connectivity index (χ1v) is 13.2. The number of hydrogen-bond acceptors (Lipinski definition) is 4. The van der Waals surface area contributed by atoms with Gasteiger partial charge in [0.15, 0.2) is 0 Å². The van der Waals surface area contributed by atoms with Gasteiger partial charge < -0.3 is 9.64 Å². The molecule has 1 saturated heterocycles. The van der Waals surface area contributed by atoms with Crippen LogP contribution in [0.2, 0.25) is 5.02 Å². The lowest BCUT2D eigenvalue weighted by molar-refractivity contribution is 0.179. The maximum absolute atomic E-state index is 13.0. The molecule has 1 aliphatic rings. The topological polar surface area (TPSA) is 48.9 Å². The number of urea groups is 1. The number of rotatable bonds is 11. The first-order chi connectivity index (χ1) is 18.7. The number of anilines is 1. The number of hydrogen-bond donors (Lipinski definition) is 0. The third kappa shape index (κ3) is 6.71. The molecule has 7 heteroatoms.